The number of nitrogens with zero attached hydrogens (tertiary/aromatic N) is 1. The molecule has 1 aromatic heterocycles. The normalized spacial score (nSPS) is 11.0. The Hall–Kier alpha value is -1.50. The smallest absolute Gasteiger partial charge is 0.354 e. The molecule has 0 radical (unpaired) electrons. The molecule has 0 atom stereocenters. The molecule has 18 heavy (non-hydrogen) atoms. The summed E-state index contributed by atoms with van der Waals surface area (Å²) in [5, 5.41) is -0.191. The van der Waals surface area contributed by atoms with Gasteiger partial charge < -0.3 is 9.30 Å². The first kappa shape index (κ1) is 12.9. The minimum atomic E-state index is -1.34. The molecule has 0 aliphatic rings. The fourth-order valence-corrected chi connectivity index (χ4v) is 2.14. The molecule has 0 saturated heterocycles. The third kappa shape index (κ3) is 1.61. The summed E-state index contributed by atoms with van der Waals surface area (Å²) in [7, 11) is 2.47. The minimum Gasteiger partial charge on any atom is -0.464 e. The number of aromatic nitrogens is 1. The van der Waals surface area contributed by atoms with Gasteiger partial charge in [-0.25, -0.2) is 18.0 Å². The molecule has 0 unspecified atom stereocenters. The molecule has 0 bridgehead atoms. The van der Waals surface area contributed by atoms with Crippen LogP contribution >= 0.6 is 15.9 Å². The molecule has 1 aromatic carbocycles. The summed E-state index contributed by atoms with van der Waals surface area (Å²) in [6.45, 7) is 0. The monoisotopic (exact) mass is 321 g/mol. The molecule has 2 rings (SSSR count). The molecule has 3 nitrogen and oxygen atoms in total. The summed E-state index contributed by atoms with van der Waals surface area (Å²) in [5.74, 6) is -4.28. The lowest BCUT2D eigenvalue weighted by Gasteiger charge is -2.05. The van der Waals surface area contributed by atoms with E-state index in [1.54, 1.807) is 0 Å². The van der Waals surface area contributed by atoms with E-state index in [1.807, 2.05) is 0 Å². The number of carbonyl (C=O) groups is 1. The summed E-state index contributed by atoms with van der Waals surface area (Å²) in [6, 6.07) is 1.11. The van der Waals surface area contributed by atoms with Crippen LogP contribution in [0.5, 0.6) is 0 Å². The van der Waals surface area contributed by atoms with E-state index in [4.69, 9.17) is 0 Å². The lowest BCUT2D eigenvalue weighted by molar-refractivity contribution is 0.0590. The van der Waals surface area contributed by atoms with Gasteiger partial charge in [0.05, 0.1) is 17.1 Å². The van der Waals surface area contributed by atoms with Crippen LogP contribution in [-0.2, 0) is 11.8 Å². The van der Waals surface area contributed by atoms with Gasteiger partial charge in [0.15, 0.2) is 11.6 Å². The molecular formula is C11H7BrF3NO2. The highest BCUT2D eigenvalue weighted by molar-refractivity contribution is 9.10. The highest BCUT2D eigenvalue weighted by atomic mass is 79.9. The van der Waals surface area contributed by atoms with E-state index < -0.39 is 27.9 Å². The fraction of sp³-hybridized carbons (Fsp3) is 0.182. The topological polar surface area (TPSA) is 31.2 Å². The number of hydrogen-bond acceptors (Lipinski definition) is 2. The number of benzene rings is 1. The Kier molecular flexibility index (Phi) is 3.10. The van der Waals surface area contributed by atoms with Gasteiger partial charge in [-0.1, -0.05) is 0 Å². The lowest BCUT2D eigenvalue weighted by atomic mass is 10.2. The van der Waals surface area contributed by atoms with Crippen LogP contribution in [0, 0.1) is 17.5 Å². The second-order valence-electron chi connectivity index (χ2n) is 3.60. The molecule has 0 amide bonds. The second-order valence-corrected chi connectivity index (χ2v) is 4.39. The van der Waals surface area contributed by atoms with Crippen LogP contribution in [-0.4, -0.2) is 17.6 Å². The van der Waals surface area contributed by atoms with Gasteiger partial charge in [-0.05, 0) is 22.0 Å². The van der Waals surface area contributed by atoms with Crippen molar-refractivity contribution >= 4 is 32.8 Å². The summed E-state index contributed by atoms with van der Waals surface area (Å²) in [4.78, 5) is 11.4. The number of ether oxygens (including phenoxy) is 1. The van der Waals surface area contributed by atoms with Gasteiger partial charge in [-0.15, -0.1) is 0 Å². The molecule has 0 spiro atoms. The Labute approximate surface area is 108 Å². The first-order chi connectivity index (χ1) is 8.40. The molecule has 0 aliphatic heterocycles. The Morgan fingerprint density at radius 1 is 1.28 bits per heavy atom. The maximum atomic E-state index is 13.8. The molecule has 96 valence electrons. The number of fused-ring (bicyclic) bond motifs is 1. The molecule has 7 heteroatoms. The van der Waals surface area contributed by atoms with Crippen molar-refractivity contribution in [2.45, 2.75) is 0 Å². The number of hydrogen-bond donors (Lipinski definition) is 0. The third-order valence-corrected chi connectivity index (χ3v) is 3.35. The highest BCUT2D eigenvalue weighted by Crippen LogP contribution is 2.32. The second kappa shape index (κ2) is 4.31. The molecular weight excluding hydrogens is 315 g/mol. The van der Waals surface area contributed by atoms with Crippen molar-refractivity contribution in [1.29, 1.82) is 0 Å². The van der Waals surface area contributed by atoms with Crippen molar-refractivity contribution in [2.24, 2.45) is 7.05 Å². The van der Waals surface area contributed by atoms with Crippen molar-refractivity contribution in [1.82, 2.24) is 4.57 Å². The third-order valence-electron chi connectivity index (χ3n) is 2.65. The van der Waals surface area contributed by atoms with Crippen LogP contribution in [0.25, 0.3) is 10.9 Å². The zero-order chi connectivity index (χ0) is 13.6. The van der Waals surface area contributed by atoms with Crippen molar-refractivity contribution in [3.63, 3.8) is 0 Å². The summed E-state index contributed by atoms with van der Waals surface area (Å²) < 4.78 is 45.8. The minimum absolute atomic E-state index is 0.0669. The Morgan fingerprint density at radius 3 is 2.44 bits per heavy atom. The molecule has 0 N–H and O–H groups in total. The average Bonchev–Trinajstić information content (AvgIpc) is 2.71. The first-order valence-electron chi connectivity index (χ1n) is 4.79. The predicted octanol–water partition coefficient (Wildman–Crippen LogP) is 3.14. The van der Waals surface area contributed by atoms with E-state index in [9.17, 15) is 18.0 Å². The van der Waals surface area contributed by atoms with E-state index in [2.05, 4.69) is 20.7 Å². The van der Waals surface area contributed by atoms with Crippen LogP contribution in [0.1, 0.15) is 10.5 Å². The van der Waals surface area contributed by atoms with Gasteiger partial charge in [0.25, 0.3) is 0 Å². The average molecular weight is 322 g/mol. The fourth-order valence-electron chi connectivity index (χ4n) is 1.75. The van der Waals surface area contributed by atoms with E-state index in [-0.39, 0.29) is 16.6 Å². The summed E-state index contributed by atoms with van der Waals surface area (Å²) in [5.41, 5.74) is -0.392. The molecule has 0 saturated carbocycles. The van der Waals surface area contributed by atoms with Gasteiger partial charge in [0, 0.05) is 12.4 Å². The maximum absolute atomic E-state index is 13.8. The van der Waals surface area contributed by atoms with E-state index in [1.165, 1.54) is 7.05 Å². The molecule has 0 fully saturated rings. The van der Waals surface area contributed by atoms with Gasteiger partial charge in [0.1, 0.15) is 11.5 Å². The maximum Gasteiger partial charge on any atom is 0.354 e. The van der Waals surface area contributed by atoms with Crippen molar-refractivity contribution in [3.8, 4) is 0 Å². The predicted molar refractivity (Wildman–Crippen MR) is 61.8 cm³/mol. The van der Waals surface area contributed by atoms with Crippen LogP contribution < -0.4 is 0 Å². The standard InChI is InChI=1S/C11H7BrF3NO2/c1-16-5(11(17)18-2)3-4-7(13)6(12)8(14)9(15)10(4)16/h3H,1-2H3. The first-order valence-corrected chi connectivity index (χ1v) is 5.59. The summed E-state index contributed by atoms with van der Waals surface area (Å²) >= 11 is 2.62. The largest absolute Gasteiger partial charge is 0.464 e. The van der Waals surface area contributed by atoms with Crippen LogP contribution in [0.3, 0.4) is 0 Å². The van der Waals surface area contributed by atoms with Crippen molar-refractivity contribution in [3.05, 3.63) is 33.7 Å². The molecule has 0 aliphatic carbocycles. The van der Waals surface area contributed by atoms with E-state index in [0.717, 1.165) is 17.7 Å². The van der Waals surface area contributed by atoms with Gasteiger partial charge >= 0.3 is 5.97 Å². The van der Waals surface area contributed by atoms with E-state index in [0.29, 0.717) is 0 Å². The Morgan fingerprint density at radius 2 is 1.89 bits per heavy atom. The molecule has 1 heterocycles. The number of halogens is 4. The summed E-state index contributed by atoms with van der Waals surface area (Å²) in [6.07, 6.45) is 0. The number of methoxy groups -OCH3 is 1. The SMILES string of the molecule is COC(=O)c1cc2c(F)c(Br)c(F)c(F)c2n1C. The highest BCUT2D eigenvalue weighted by Gasteiger charge is 2.24. The van der Waals surface area contributed by atoms with Crippen molar-refractivity contribution in [2.75, 3.05) is 7.11 Å². The number of aryl methyl sites for hydroxylation is 1. The van der Waals surface area contributed by atoms with Crippen LogP contribution in [0.4, 0.5) is 13.2 Å². The van der Waals surface area contributed by atoms with E-state index >= 15 is 0 Å². The number of carbonyl (C=O) groups excluding carboxylic acids is 1. The quantitative estimate of drug-likeness (QED) is 0.459. The Balaban J connectivity index is 2.93. The van der Waals surface area contributed by atoms with Crippen LogP contribution in [0.15, 0.2) is 10.5 Å². The lowest BCUT2D eigenvalue weighted by Crippen LogP contribution is -2.07. The van der Waals surface area contributed by atoms with Gasteiger partial charge in [0.2, 0.25) is 0 Å². The van der Waals surface area contributed by atoms with Gasteiger partial charge in [-0.3, -0.25) is 0 Å². The number of rotatable bonds is 1. The zero-order valence-corrected chi connectivity index (χ0v) is 10.9. The van der Waals surface area contributed by atoms with Gasteiger partial charge in [-0.2, -0.15) is 0 Å². The zero-order valence-electron chi connectivity index (χ0n) is 9.35. The van der Waals surface area contributed by atoms with Crippen LogP contribution in [0.2, 0.25) is 0 Å². The number of esters is 1. The Bertz CT molecular complexity index is 666. The van der Waals surface area contributed by atoms with Crippen molar-refractivity contribution < 1.29 is 22.7 Å². The molecule has 2 aromatic rings.